The Hall–Kier alpha value is -3.65. The van der Waals surface area contributed by atoms with Gasteiger partial charge in [-0.05, 0) is 49.9 Å². The van der Waals surface area contributed by atoms with Crippen LogP contribution >= 0.6 is 0 Å². The molecule has 2 N–H and O–H groups in total. The number of nitrogens with one attached hydrogen (secondary N) is 2. The summed E-state index contributed by atoms with van der Waals surface area (Å²) in [6.45, 7) is 6.08. The summed E-state index contributed by atoms with van der Waals surface area (Å²) < 4.78 is 5.55. The molecule has 8 nitrogen and oxygen atoms in total. The first kappa shape index (κ1) is 24.1. The van der Waals surface area contributed by atoms with Gasteiger partial charge in [0.25, 0.3) is 11.8 Å². The van der Waals surface area contributed by atoms with Crippen LogP contribution in [0.3, 0.4) is 0 Å². The van der Waals surface area contributed by atoms with E-state index >= 15 is 0 Å². The second kappa shape index (κ2) is 9.78. The first-order valence-electron chi connectivity index (χ1n) is 12.7. The highest BCUT2D eigenvalue weighted by Gasteiger charge is 2.59. The Labute approximate surface area is 210 Å². The number of amides is 4. The van der Waals surface area contributed by atoms with Crippen molar-refractivity contribution in [3.05, 3.63) is 65.4 Å². The van der Waals surface area contributed by atoms with Crippen LogP contribution in [0.15, 0.2) is 48.5 Å². The van der Waals surface area contributed by atoms with E-state index in [4.69, 9.17) is 4.74 Å². The van der Waals surface area contributed by atoms with E-state index in [1.807, 2.05) is 24.3 Å². The average Bonchev–Trinajstić information content (AvgIpc) is 3.37. The van der Waals surface area contributed by atoms with E-state index in [1.165, 1.54) is 4.90 Å². The normalized spacial score (nSPS) is 19.1. The molecule has 1 aromatic heterocycles. The smallest absolute Gasteiger partial charge is 0.332 e. The number of aromatic nitrogens is 1. The molecule has 36 heavy (non-hydrogen) atoms. The van der Waals surface area contributed by atoms with Crippen LogP contribution < -0.4 is 10.2 Å². The third-order valence-corrected chi connectivity index (χ3v) is 7.25. The minimum absolute atomic E-state index is 0.298. The molecule has 3 heterocycles. The van der Waals surface area contributed by atoms with Crippen LogP contribution in [0.5, 0.6) is 0 Å². The summed E-state index contributed by atoms with van der Waals surface area (Å²) in [5.74, 6) is -0.675. The van der Waals surface area contributed by atoms with E-state index in [-0.39, 0.29) is 11.8 Å². The first-order valence-corrected chi connectivity index (χ1v) is 12.7. The van der Waals surface area contributed by atoms with E-state index < -0.39 is 11.6 Å². The highest BCUT2D eigenvalue weighted by molar-refractivity contribution is 6.25. The van der Waals surface area contributed by atoms with E-state index in [0.717, 1.165) is 41.6 Å². The summed E-state index contributed by atoms with van der Waals surface area (Å²) >= 11 is 0. The number of para-hydroxylation sites is 2. The molecule has 188 valence electrons. The number of imide groups is 1. The largest absolute Gasteiger partial charge is 0.381 e. The lowest BCUT2D eigenvalue weighted by Crippen LogP contribution is -2.49. The number of carbonyl (C=O) groups excluding carboxylic acids is 3. The van der Waals surface area contributed by atoms with Crippen molar-refractivity contribution >= 4 is 34.4 Å². The van der Waals surface area contributed by atoms with Crippen molar-refractivity contribution in [3.8, 4) is 0 Å². The number of hydrogen-bond acceptors (Lipinski definition) is 4. The summed E-state index contributed by atoms with van der Waals surface area (Å²) in [6.07, 6.45) is 3.45. The van der Waals surface area contributed by atoms with Crippen LogP contribution in [0, 0.1) is 0 Å². The van der Waals surface area contributed by atoms with Gasteiger partial charge < -0.3 is 19.9 Å². The number of hydrogen-bond donors (Lipinski definition) is 2. The number of urea groups is 1. The molecule has 3 aromatic rings. The maximum atomic E-state index is 14.0. The zero-order chi connectivity index (χ0) is 25.3. The molecule has 2 aliphatic heterocycles. The average molecular weight is 489 g/mol. The zero-order valence-electron chi connectivity index (χ0n) is 20.8. The molecule has 5 rings (SSSR count). The summed E-state index contributed by atoms with van der Waals surface area (Å²) in [6, 6.07) is 14.3. The number of benzene rings is 2. The number of unbranched alkanes of at least 4 members (excludes halogenated alkanes) is 1. The maximum Gasteiger partial charge on any atom is 0.332 e. The fourth-order valence-corrected chi connectivity index (χ4v) is 5.28. The molecule has 2 aliphatic rings. The van der Waals surface area contributed by atoms with Gasteiger partial charge in [-0.2, -0.15) is 0 Å². The number of ether oxygens (including phenoxy) is 1. The van der Waals surface area contributed by atoms with Crippen molar-refractivity contribution < 1.29 is 19.1 Å². The number of aromatic amines is 1. The standard InChI is InChI=1S/C28H32N4O4/c1-3-4-17-36-18-9-15-29-25(33)21-11-6-8-13-23(21)32-26(34)28(2)24-20(14-16-31(28)27(32)35)19-10-5-7-12-22(19)30-24/h5-8,10-13,30H,3-4,9,14-18H2,1-2H3,(H,29,33). The van der Waals surface area contributed by atoms with Crippen LogP contribution in [0.1, 0.15) is 54.7 Å². The summed E-state index contributed by atoms with van der Waals surface area (Å²) in [4.78, 5) is 46.8. The van der Waals surface area contributed by atoms with Crippen LogP contribution in [0.2, 0.25) is 0 Å². The molecule has 0 aliphatic carbocycles. The fraction of sp³-hybridized carbons (Fsp3) is 0.393. The van der Waals surface area contributed by atoms with Crippen LogP contribution in [0.4, 0.5) is 10.5 Å². The van der Waals surface area contributed by atoms with E-state index in [2.05, 4.69) is 17.2 Å². The second-order valence-corrected chi connectivity index (χ2v) is 9.51. The minimum Gasteiger partial charge on any atom is -0.381 e. The molecular weight excluding hydrogens is 456 g/mol. The highest BCUT2D eigenvalue weighted by atomic mass is 16.5. The lowest BCUT2D eigenvalue weighted by Gasteiger charge is -2.35. The minimum atomic E-state index is -1.16. The van der Waals surface area contributed by atoms with Crippen LogP contribution in [-0.2, 0) is 21.5 Å². The molecule has 1 atom stereocenters. The highest BCUT2D eigenvalue weighted by Crippen LogP contribution is 2.45. The Bertz CT molecular complexity index is 1320. The molecular formula is C28H32N4O4. The van der Waals surface area contributed by atoms with E-state index in [1.54, 1.807) is 36.1 Å². The van der Waals surface area contributed by atoms with Crippen molar-refractivity contribution in [1.29, 1.82) is 0 Å². The summed E-state index contributed by atoms with van der Waals surface area (Å²) in [5, 5.41) is 3.98. The van der Waals surface area contributed by atoms with Crippen LogP contribution in [-0.4, -0.2) is 54.0 Å². The predicted octanol–water partition coefficient (Wildman–Crippen LogP) is 4.34. The van der Waals surface area contributed by atoms with Gasteiger partial charge in [0, 0.05) is 37.2 Å². The topological polar surface area (TPSA) is 94.7 Å². The Morgan fingerprint density at radius 3 is 2.67 bits per heavy atom. The van der Waals surface area contributed by atoms with Gasteiger partial charge in [0.15, 0.2) is 5.54 Å². The van der Waals surface area contributed by atoms with Crippen molar-refractivity contribution in [1.82, 2.24) is 15.2 Å². The first-order chi connectivity index (χ1) is 17.5. The Morgan fingerprint density at radius 2 is 1.83 bits per heavy atom. The van der Waals surface area contributed by atoms with Gasteiger partial charge in [-0.3, -0.25) is 9.59 Å². The quantitative estimate of drug-likeness (QED) is 0.346. The molecule has 1 unspecified atom stereocenters. The molecule has 0 bridgehead atoms. The number of H-pyrrole nitrogens is 1. The van der Waals surface area contributed by atoms with Gasteiger partial charge in [-0.25, -0.2) is 9.69 Å². The van der Waals surface area contributed by atoms with Crippen molar-refractivity contribution in [2.45, 2.75) is 45.1 Å². The number of fused-ring (bicyclic) bond motifs is 5. The SMILES string of the molecule is CCCCOCCCNC(=O)c1ccccc1N1C(=O)N2CCc3c([nH]c4ccccc34)C2(C)C1=O. The second-order valence-electron chi connectivity index (χ2n) is 9.51. The van der Waals surface area contributed by atoms with Crippen LogP contribution in [0.25, 0.3) is 10.9 Å². The lowest BCUT2D eigenvalue weighted by atomic mass is 9.87. The molecule has 0 saturated carbocycles. The van der Waals surface area contributed by atoms with Crippen molar-refractivity contribution in [3.63, 3.8) is 0 Å². The number of anilines is 1. The van der Waals surface area contributed by atoms with Gasteiger partial charge in [0.1, 0.15) is 0 Å². The number of carbonyl (C=O) groups is 3. The Balaban J connectivity index is 1.39. The molecule has 0 radical (unpaired) electrons. The Morgan fingerprint density at radius 1 is 1.08 bits per heavy atom. The Kier molecular flexibility index (Phi) is 6.53. The molecule has 8 heteroatoms. The third kappa shape index (κ3) is 3.86. The predicted molar refractivity (Wildman–Crippen MR) is 138 cm³/mol. The monoisotopic (exact) mass is 488 g/mol. The molecule has 1 fully saturated rings. The molecule has 0 spiro atoms. The third-order valence-electron chi connectivity index (χ3n) is 7.25. The van der Waals surface area contributed by atoms with Crippen molar-refractivity contribution in [2.75, 3.05) is 31.2 Å². The van der Waals surface area contributed by atoms with E-state index in [9.17, 15) is 14.4 Å². The maximum absolute atomic E-state index is 14.0. The van der Waals surface area contributed by atoms with E-state index in [0.29, 0.717) is 43.8 Å². The molecule has 4 amide bonds. The molecule has 2 aromatic carbocycles. The zero-order valence-corrected chi connectivity index (χ0v) is 20.8. The lowest BCUT2D eigenvalue weighted by molar-refractivity contribution is -0.125. The fourth-order valence-electron chi connectivity index (χ4n) is 5.28. The van der Waals surface area contributed by atoms with Gasteiger partial charge in [0.05, 0.1) is 16.9 Å². The summed E-state index contributed by atoms with van der Waals surface area (Å²) in [5.41, 5.74) is 2.20. The van der Waals surface area contributed by atoms with Gasteiger partial charge in [0.2, 0.25) is 0 Å². The summed E-state index contributed by atoms with van der Waals surface area (Å²) in [7, 11) is 0. The number of nitrogens with zero attached hydrogens (tertiary/aromatic N) is 2. The van der Waals surface area contributed by atoms with Crippen molar-refractivity contribution in [2.24, 2.45) is 0 Å². The molecule has 1 saturated heterocycles. The van der Waals surface area contributed by atoms with Gasteiger partial charge >= 0.3 is 6.03 Å². The number of rotatable bonds is 9. The van der Waals surface area contributed by atoms with Gasteiger partial charge in [-0.15, -0.1) is 0 Å². The van der Waals surface area contributed by atoms with Gasteiger partial charge in [-0.1, -0.05) is 43.7 Å².